The van der Waals surface area contributed by atoms with Crippen molar-refractivity contribution in [3.63, 3.8) is 0 Å². The second-order valence-corrected chi connectivity index (χ2v) is 5.42. The van der Waals surface area contributed by atoms with Crippen molar-refractivity contribution in [2.45, 2.75) is 12.7 Å². The summed E-state index contributed by atoms with van der Waals surface area (Å²) in [5.41, 5.74) is -0.725. The number of benzene rings is 1. The number of hydrogen-bond donors (Lipinski definition) is 1. The summed E-state index contributed by atoms with van der Waals surface area (Å²) in [4.78, 5) is 3.85. The van der Waals surface area contributed by atoms with Crippen LogP contribution in [0.3, 0.4) is 0 Å². The van der Waals surface area contributed by atoms with E-state index in [1.54, 1.807) is 6.07 Å². The van der Waals surface area contributed by atoms with E-state index in [0.717, 1.165) is 12.1 Å². The molecule has 2 rings (SSSR count). The van der Waals surface area contributed by atoms with Crippen molar-refractivity contribution in [2.75, 3.05) is 5.32 Å². The molecule has 112 valence electrons. The first kappa shape index (κ1) is 16.0. The molecule has 0 spiro atoms. The first-order chi connectivity index (χ1) is 9.77. The number of aromatic nitrogens is 1. The molecule has 1 aromatic heterocycles. The normalized spacial score (nSPS) is 11.5. The largest absolute Gasteiger partial charge is 0.416 e. The highest BCUT2D eigenvalue weighted by Gasteiger charge is 2.33. The van der Waals surface area contributed by atoms with Crippen LogP contribution in [-0.4, -0.2) is 4.98 Å². The Bertz CT molecular complexity index is 661. The molecule has 0 radical (unpaired) electrons. The minimum Gasteiger partial charge on any atom is -0.378 e. The van der Waals surface area contributed by atoms with Crippen LogP contribution < -0.4 is 5.32 Å². The van der Waals surface area contributed by atoms with E-state index in [4.69, 9.17) is 11.6 Å². The van der Waals surface area contributed by atoms with E-state index < -0.39 is 17.6 Å². The van der Waals surface area contributed by atoms with Gasteiger partial charge in [-0.15, -0.1) is 0 Å². The fourth-order valence-electron chi connectivity index (χ4n) is 1.70. The summed E-state index contributed by atoms with van der Waals surface area (Å²) in [5.74, 6) is -0.937. The van der Waals surface area contributed by atoms with Crippen LogP contribution in [-0.2, 0) is 12.7 Å². The van der Waals surface area contributed by atoms with Gasteiger partial charge >= 0.3 is 6.18 Å². The van der Waals surface area contributed by atoms with Crippen LogP contribution >= 0.6 is 27.5 Å². The van der Waals surface area contributed by atoms with E-state index in [1.165, 1.54) is 6.20 Å². The molecule has 21 heavy (non-hydrogen) atoms. The molecule has 0 atom stereocenters. The van der Waals surface area contributed by atoms with Gasteiger partial charge in [0, 0.05) is 17.2 Å². The number of alkyl halides is 3. The lowest BCUT2D eigenvalue weighted by Gasteiger charge is -2.14. The standard InChI is InChI=1S/C13H8BrClF4N2/c14-8-3-11(12(15)21-6-8)20-5-7-1-2-9(16)4-10(7)13(17,18)19/h1-4,6,20H,5H2. The highest BCUT2D eigenvalue weighted by molar-refractivity contribution is 9.10. The number of pyridine rings is 1. The van der Waals surface area contributed by atoms with Crippen molar-refractivity contribution >= 4 is 33.2 Å². The molecule has 2 nitrogen and oxygen atoms in total. The Morgan fingerprint density at radius 1 is 1.24 bits per heavy atom. The third-order valence-corrected chi connectivity index (χ3v) is 3.39. The first-order valence-corrected chi connectivity index (χ1v) is 6.85. The molecule has 0 unspecified atom stereocenters. The molecule has 1 heterocycles. The van der Waals surface area contributed by atoms with Gasteiger partial charge in [0.1, 0.15) is 5.82 Å². The Morgan fingerprint density at radius 3 is 2.62 bits per heavy atom. The summed E-state index contributed by atoms with van der Waals surface area (Å²) in [6.45, 7) is -0.160. The monoisotopic (exact) mass is 382 g/mol. The number of hydrogen-bond acceptors (Lipinski definition) is 2. The number of nitrogens with one attached hydrogen (secondary N) is 1. The fraction of sp³-hybridized carbons (Fsp3) is 0.154. The Morgan fingerprint density at radius 2 is 1.95 bits per heavy atom. The summed E-state index contributed by atoms with van der Waals surface area (Å²) in [7, 11) is 0. The third kappa shape index (κ3) is 4.07. The van der Waals surface area contributed by atoms with Crippen molar-refractivity contribution in [1.82, 2.24) is 4.98 Å². The SMILES string of the molecule is Fc1ccc(CNc2cc(Br)cnc2Cl)c(C(F)(F)F)c1. The van der Waals surface area contributed by atoms with Crippen molar-refractivity contribution < 1.29 is 17.6 Å². The maximum absolute atomic E-state index is 13.0. The molecule has 0 fully saturated rings. The summed E-state index contributed by atoms with van der Waals surface area (Å²) >= 11 is 9.03. The van der Waals surface area contributed by atoms with E-state index >= 15 is 0 Å². The molecule has 0 aliphatic heterocycles. The number of halogens is 6. The van der Waals surface area contributed by atoms with Gasteiger partial charge in [0.2, 0.25) is 0 Å². The van der Waals surface area contributed by atoms with Gasteiger partial charge in [-0.1, -0.05) is 17.7 Å². The molecule has 1 aromatic carbocycles. The summed E-state index contributed by atoms with van der Waals surface area (Å²) in [5, 5.41) is 2.89. The first-order valence-electron chi connectivity index (χ1n) is 5.68. The van der Waals surface area contributed by atoms with Gasteiger partial charge in [0.05, 0.1) is 11.3 Å². The highest BCUT2D eigenvalue weighted by atomic mass is 79.9. The average molecular weight is 384 g/mol. The van der Waals surface area contributed by atoms with Gasteiger partial charge in [-0.3, -0.25) is 0 Å². The molecule has 0 saturated carbocycles. The smallest absolute Gasteiger partial charge is 0.378 e. The quantitative estimate of drug-likeness (QED) is 0.577. The van der Waals surface area contributed by atoms with E-state index in [9.17, 15) is 17.6 Å². The molecule has 0 saturated heterocycles. The summed E-state index contributed by atoms with van der Waals surface area (Å²) in [6, 6.07) is 4.13. The number of anilines is 1. The predicted molar refractivity (Wildman–Crippen MR) is 75.7 cm³/mol. The molecule has 0 bridgehead atoms. The van der Waals surface area contributed by atoms with Crippen LogP contribution in [0.5, 0.6) is 0 Å². The second-order valence-electron chi connectivity index (χ2n) is 4.14. The van der Waals surface area contributed by atoms with Gasteiger partial charge < -0.3 is 5.32 Å². The summed E-state index contributed by atoms with van der Waals surface area (Å²) < 4.78 is 52.2. The Kier molecular flexibility index (Phi) is 4.73. The maximum Gasteiger partial charge on any atom is 0.416 e. The molecule has 8 heteroatoms. The molecule has 2 aromatic rings. The van der Waals surface area contributed by atoms with Gasteiger partial charge in [-0.05, 0) is 39.7 Å². The lowest BCUT2D eigenvalue weighted by atomic mass is 10.1. The van der Waals surface area contributed by atoms with Crippen molar-refractivity contribution in [3.8, 4) is 0 Å². The van der Waals surface area contributed by atoms with Crippen molar-refractivity contribution in [1.29, 1.82) is 0 Å². The molecule has 0 aliphatic rings. The average Bonchev–Trinajstić information content (AvgIpc) is 2.40. The predicted octanol–water partition coefficient (Wildman–Crippen LogP) is 5.27. The van der Waals surface area contributed by atoms with Crippen LogP contribution in [0.2, 0.25) is 5.15 Å². The molecular weight excluding hydrogens is 376 g/mol. The minimum absolute atomic E-state index is 0.0834. The third-order valence-electron chi connectivity index (χ3n) is 2.65. The van der Waals surface area contributed by atoms with Gasteiger partial charge in [-0.2, -0.15) is 13.2 Å². The molecular formula is C13H8BrClF4N2. The van der Waals surface area contributed by atoms with Crippen LogP contribution in [0.15, 0.2) is 34.9 Å². The van der Waals surface area contributed by atoms with Gasteiger partial charge in [0.25, 0.3) is 0 Å². The van der Waals surface area contributed by atoms with E-state index in [2.05, 4.69) is 26.2 Å². The Hall–Kier alpha value is -1.34. The van der Waals surface area contributed by atoms with Gasteiger partial charge in [-0.25, -0.2) is 9.37 Å². The van der Waals surface area contributed by atoms with Crippen LogP contribution in [0, 0.1) is 5.82 Å². The fourth-order valence-corrected chi connectivity index (χ4v) is 2.21. The zero-order valence-corrected chi connectivity index (χ0v) is 12.7. The Balaban J connectivity index is 2.26. The zero-order valence-electron chi connectivity index (χ0n) is 10.3. The van der Waals surface area contributed by atoms with E-state index in [0.29, 0.717) is 16.2 Å². The number of nitrogens with zero attached hydrogens (tertiary/aromatic N) is 1. The molecule has 0 amide bonds. The highest BCUT2D eigenvalue weighted by Crippen LogP contribution is 2.33. The van der Waals surface area contributed by atoms with Crippen molar-refractivity contribution in [2.24, 2.45) is 0 Å². The van der Waals surface area contributed by atoms with Crippen LogP contribution in [0.4, 0.5) is 23.2 Å². The number of rotatable bonds is 3. The lowest BCUT2D eigenvalue weighted by Crippen LogP contribution is -2.12. The summed E-state index contributed by atoms with van der Waals surface area (Å²) in [6.07, 6.45) is -3.16. The molecule has 0 aliphatic carbocycles. The van der Waals surface area contributed by atoms with Gasteiger partial charge in [0.15, 0.2) is 5.15 Å². The topological polar surface area (TPSA) is 24.9 Å². The zero-order chi connectivity index (χ0) is 15.6. The van der Waals surface area contributed by atoms with Crippen molar-refractivity contribution in [3.05, 3.63) is 57.0 Å². The van der Waals surface area contributed by atoms with E-state index in [-0.39, 0.29) is 17.3 Å². The molecule has 1 N–H and O–H groups in total. The minimum atomic E-state index is -4.63. The Labute approximate surface area is 131 Å². The van der Waals surface area contributed by atoms with Crippen LogP contribution in [0.1, 0.15) is 11.1 Å². The lowest BCUT2D eigenvalue weighted by molar-refractivity contribution is -0.138. The van der Waals surface area contributed by atoms with Crippen LogP contribution in [0.25, 0.3) is 0 Å². The maximum atomic E-state index is 13.0. The van der Waals surface area contributed by atoms with E-state index in [1.807, 2.05) is 0 Å². The second kappa shape index (κ2) is 6.19.